The van der Waals surface area contributed by atoms with Crippen LogP contribution in [-0.4, -0.2) is 15.0 Å². The highest BCUT2D eigenvalue weighted by atomic mass is 28.3. The van der Waals surface area contributed by atoms with E-state index in [1.165, 1.54) is 12.5 Å². The van der Waals surface area contributed by atoms with Crippen LogP contribution >= 0.6 is 0 Å². The van der Waals surface area contributed by atoms with E-state index < -0.39 is 9.04 Å². The zero-order chi connectivity index (χ0) is 9.40. The van der Waals surface area contributed by atoms with Gasteiger partial charge in [0.25, 0.3) is 9.04 Å². The molecule has 0 unspecified atom stereocenters. The minimum atomic E-state index is -0.879. The lowest BCUT2D eigenvalue weighted by molar-refractivity contribution is -0.129. The molecule has 0 saturated heterocycles. The topological polar surface area (TPSA) is 26.3 Å². The van der Waals surface area contributed by atoms with Crippen LogP contribution in [0.2, 0.25) is 12.1 Å². The molecular weight excluding hydrogens is 168 g/mol. The maximum absolute atomic E-state index is 10.8. The van der Waals surface area contributed by atoms with Crippen molar-refractivity contribution in [2.45, 2.75) is 38.8 Å². The van der Waals surface area contributed by atoms with E-state index in [0.717, 1.165) is 18.5 Å². The van der Waals surface area contributed by atoms with Crippen LogP contribution in [0, 0.1) is 0 Å². The molecule has 69 valence electrons. The second kappa shape index (κ2) is 7.10. The van der Waals surface area contributed by atoms with Crippen molar-refractivity contribution in [3.63, 3.8) is 0 Å². The number of hydrogen-bond acceptors (Lipinski definition) is 2. The molecule has 3 heteroatoms. The van der Waals surface area contributed by atoms with Crippen LogP contribution in [-0.2, 0) is 9.22 Å². The first-order chi connectivity index (χ1) is 5.74. The second-order valence-corrected chi connectivity index (χ2v) is 5.11. The van der Waals surface area contributed by atoms with E-state index >= 15 is 0 Å². The quantitative estimate of drug-likeness (QED) is 0.469. The van der Waals surface area contributed by atoms with Gasteiger partial charge in [0.05, 0.1) is 0 Å². The van der Waals surface area contributed by atoms with E-state index in [2.05, 4.69) is 20.4 Å². The lowest BCUT2D eigenvalue weighted by atomic mass is 10.4. The molecule has 0 N–H and O–H groups in total. The van der Waals surface area contributed by atoms with E-state index in [4.69, 9.17) is 4.43 Å². The number of hydrogen-bond donors (Lipinski definition) is 0. The van der Waals surface area contributed by atoms with Crippen molar-refractivity contribution in [2.75, 3.05) is 0 Å². The van der Waals surface area contributed by atoms with E-state index in [1.54, 1.807) is 0 Å². The van der Waals surface area contributed by atoms with Crippen molar-refractivity contribution >= 4 is 15.0 Å². The highest BCUT2D eigenvalue weighted by Crippen LogP contribution is 2.06. The Morgan fingerprint density at radius 1 is 1.58 bits per heavy atom. The number of carbonyl (C=O) groups excluding carboxylic acids is 1. The number of rotatable bonds is 6. The van der Waals surface area contributed by atoms with Gasteiger partial charge >= 0.3 is 5.97 Å². The Bertz CT molecular complexity index is 145. The minimum absolute atomic E-state index is 0.262. The average Bonchev–Trinajstić information content (AvgIpc) is 2.11. The monoisotopic (exact) mass is 185 g/mol. The van der Waals surface area contributed by atoms with Crippen molar-refractivity contribution < 1.29 is 9.22 Å². The summed E-state index contributed by atoms with van der Waals surface area (Å²) in [5, 5.41) is 0. The maximum atomic E-state index is 10.8. The van der Waals surface area contributed by atoms with Crippen molar-refractivity contribution in [3.8, 4) is 0 Å². The van der Waals surface area contributed by atoms with Gasteiger partial charge in [-0.3, -0.25) is 0 Å². The van der Waals surface area contributed by atoms with Gasteiger partial charge in [-0.05, 0) is 12.1 Å². The maximum Gasteiger partial charge on any atom is 0.316 e. The van der Waals surface area contributed by atoms with Crippen LogP contribution in [0.5, 0.6) is 0 Å². The van der Waals surface area contributed by atoms with E-state index in [0.29, 0.717) is 0 Å². The standard InChI is InChI=1S/C9H17O2Si/c1-4-7-8-12(6-3)11-9(10)5-2/h5H,2,4,6-8H2,1,3H3. The molecule has 0 bridgehead atoms. The Morgan fingerprint density at radius 2 is 2.25 bits per heavy atom. The third-order valence-corrected chi connectivity index (χ3v) is 3.80. The predicted octanol–water partition coefficient (Wildman–Crippen LogP) is 2.53. The van der Waals surface area contributed by atoms with Gasteiger partial charge in [0, 0.05) is 6.08 Å². The van der Waals surface area contributed by atoms with Gasteiger partial charge in [-0.15, -0.1) is 0 Å². The smallest absolute Gasteiger partial charge is 0.316 e. The average molecular weight is 185 g/mol. The van der Waals surface area contributed by atoms with Crippen molar-refractivity contribution in [1.82, 2.24) is 0 Å². The summed E-state index contributed by atoms with van der Waals surface area (Å²) in [6, 6.07) is 2.06. The third-order valence-electron chi connectivity index (χ3n) is 1.62. The number of carbonyl (C=O) groups is 1. The fraction of sp³-hybridized carbons (Fsp3) is 0.667. The summed E-state index contributed by atoms with van der Waals surface area (Å²) in [7, 11) is -0.879. The molecule has 0 aliphatic rings. The van der Waals surface area contributed by atoms with Crippen LogP contribution < -0.4 is 0 Å². The second-order valence-electron chi connectivity index (χ2n) is 2.62. The Hall–Kier alpha value is -0.573. The lowest BCUT2D eigenvalue weighted by Crippen LogP contribution is -2.19. The van der Waals surface area contributed by atoms with Gasteiger partial charge in [0.2, 0.25) is 0 Å². The molecule has 0 amide bonds. The largest absolute Gasteiger partial charge is 0.515 e. The lowest BCUT2D eigenvalue weighted by Gasteiger charge is -2.10. The Kier molecular flexibility index (Phi) is 6.76. The molecule has 0 aromatic rings. The van der Waals surface area contributed by atoms with Crippen molar-refractivity contribution in [3.05, 3.63) is 12.7 Å². The molecule has 0 spiro atoms. The molecular formula is C9H17O2Si. The molecule has 0 fully saturated rings. The molecule has 12 heavy (non-hydrogen) atoms. The van der Waals surface area contributed by atoms with Crippen LogP contribution in [0.25, 0.3) is 0 Å². The van der Waals surface area contributed by atoms with E-state index in [-0.39, 0.29) is 5.97 Å². The fourth-order valence-corrected chi connectivity index (χ4v) is 2.57. The number of unbranched alkanes of at least 4 members (excludes halogenated alkanes) is 1. The first kappa shape index (κ1) is 11.4. The molecule has 1 radical (unpaired) electrons. The summed E-state index contributed by atoms with van der Waals surface area (Å²) >= 11 is 0. The third kappa shape index (κ3) is 5.13. The summed E-state index contributed by atoms with van der Waals surface area (Å²) in [5.41, 5.74) is 0. The van der Waals surface area contributed by atoms with Gasteiger partial charge in [-0.2, -0.15) is 0 Å². The van der Waals surface area contributed by atoms with Crippen LogP contribution in [0.4, 0.5) is 0 Å². The molecule has 2 nitrogen and oxygen atoms in total. The predicted molar refractivity (Wildman–Crippen MR) is 52.2 cm³/mol. The van der Waals surface area contributed by atoms with E-state index in [1.807, 2.05) is 0 Å². The molecule has 0 saturated carbocycles. The van der Waals surface area contributed by atoms with Crippen LogP contribution in [0.1, 0.15) is 26.7 Å². The molecule has 0 aliphatic carbocycles. The minimum Gasteiger partial charge on any atom is -0.515 e. The molecule has 0 rings (SSSR count). The normalized spacial score (nSPS) is 9.92. The highest BCUT2D eigenvalue weighted by molar-refractivity contribution is 6.53. The molecule has 0 heterocycles. The molecule has 0 atom stereocenters. The van der Waals surface area contributed by atoms with Gasteiger partial charge in [0.15, 0.2) is 0 Å². The zero-order valence-electron chi connectivity index (χ0n) is 7.93. The van der Waals surface area contributed by atoms with Crippen molar-refractivity contribution in [2.24, 2.45) is 0 Å². The van der Waals surface area contributed by atoms with Crippen LogP contribution in [0.3, 0.4) is 0 Å². The van der Waals surface area contributed by atoms with Gasteiger partial charge in [0.1, 0.15) is 0 Å². The Labute approximate surface area is 76.3 Å². The van der Waals surface area contributed by atoms with Gasteiger partial charge in [-0.1, -0.05) is 33.3 Å². The first-order valence-corrected chi connectivity index (χ1v) is 6.25. The summed E-state index contributed by atoms with van der Waals surface area (Å²) in [5.74, 6) is -0.262. The summed E-state index contributed by atoms with van der Waals surface area (Å²) in [4.78, 5) is 10.8. The summed E-state index contributed by atoms with van der Waals surface area (Å²) in [6.45, 7) is 7.58. The molecule has 0 aromatic heterocycles. The Morgan fingerprint density at radius 3 is 2.67 bits per heavy atom. The van der Waals surface area contributed by atoms with Crippen LogP contribution in [0.15, 0.2) is 12.7 Å². The molecule has 0 aromatic carbocycles. The zero-order valence-corrected chi connectivity index (χ0v) is 8.93. The summed E-state index contributed by atoms with van der Waals surface area (Å²) < 4.78 is 5.20. The fourth-order valence-electron chi connectivity index (χ4n) is 0.858. The van der Waals surface area contributed by atoms with Gasteiger partial charge < -0.3 is 4.43 Å². The molecule has 0 aliphatic heterocycles. The highest BCUT2D eigenvalue weighted by Gasteiger charge is 2.13. The van der Waals surface area contributed by atoms with Gasteiger partial charge in [-0.25, -0.2) is 4.79 Å². The van der Waals surface area contributed by atoms with E-state index in [9.17, 15) is 4.79 Å². The first-order valence-electron chi connectivity index (χ1n) is 4.43. The van der Waals surface area contributed by atoms with Crippen molar-refractivity contribution in [1.29, 1.82) is 0 Å². The Balaban J connectivity index is 3.66. The SMILES string of the molecule is C=CC(=O)O[Si](CC)CCCC. The summed E-state index contributed by atoms with van der Waals surface area (Å²) in [6.07, 6.45) is 3.57.